The van der Waals surface area contributed by atoms with Gasteiger partial charge in [0.05, 0.1) is 23.6 Å². The predicted octanol–water partition coefficient (Wildman–Crippen LogP) is 5.67. The number of fused-ring (bicyclic) bond motifs is 5. The molecule has 0 aromatic heterocycles. The largest absolute Gasteiger partial charge is 0.451 e. The van der Waals surface area contributed by atoms with E-state index in [1.807, 2.05) is 95.9 Å². The zero-order chi connectivity index (χ0) is 28.1. The van der Waals surface area contributed by atoms with Crippen LogP contribution in [-0.2, 0) is 19.1 Å². The van der Waals surface area contributed by atoms with Crippen LogP contribution in [-0.4, -0.2) is 28.7 Å². The second kappa shape index (κ2) is 9.86. The molecular formula is C34H25FN2O4. The highest BCUT2D eigenvalue weighted by atomic mass is 19.1. The summed E-state index contributed by atoms with van der Waals surface area (Å²) in [5.74, 6) is -3.77. The molecule has 41 heavy (non-hydrogen) atoms. The average Bonchev–Trinajstić information content (AvgIpc) is 3.49. The van der Waals surface area contributed by atoms with Gasteiger partial charge in [0.25, 0.3) is 0 Å². The van der Waals surface area contributed by atoms with Gasteiger partial charge in [-0.25, -0.2) is 14.1 Å². The van der Waals surface area contributed by atoms with Gasteiger partial charge in [-0.3, -0.25) is 9.59 Å². The van der Waals surface area contributed by atoms with E-state index in [1.54, 1.807) is 6.20 Å². The zero-order valence-electron chi connectivity index (χ0n) is 21.8. The van der Waals surface area contributed by atoms with Crippen LogP contribution in [0, 0.1) is 17.7 Å². The summed E-state index contributed by atoms with van der Waals surface area (Å²) in [4.78, 5) is 45.2. The summed E-state index contributed by atoms with van der Waals surface area (Å²) < 4.78 is 19.9. The van der Waals surface area contributed by atoms with E-state index in [9.17, 15) is 18.8 Å². The van der Waals surface area contributed by atoms with Crippen molar-refractivity contribution in [2.75, 3.05) is 4.90 Å². The smallest absolute Gasteiger partial charge is 0.330 e. The van der Waals surface area contributed by atoms with Gasteiger partial charge in [0, 0.05) is 6.20 Å². The molecule has 2 fully saturated rings. The first-order valence-corrected chi connectivity index (χ1v) is 13.5. The molecule has 7 rings (SSSR count). The molecule has 0 unspecified atom stereocenters. The number of ether oxygens (including phenoxy) is 1. The highest BCUT2D eigenvalue weighted by Gasteiger charge is 2.65. The minimum Gasteiger partial charge on any atom is -0.451 e. The normalized spacial score (nSPS) is 22.5. The molecular weight excluding hydrogens is 519 g/mol. The maximum atomic E-state index is 14.2. The molecule has 2 amide bonds. The third-order valence-electron chi connectivity index (χ3n) is 8.23. The first-order valence-electron chi connectivity index (χ1n) is 13.5. The van der Waals surface area contributed by atoms with Crippen LogP contribution in [0.2, 0.25) is 0 Å². The maximum Gasteiger partial charge on any atom is 0.330 e. The van der Waals surface area contributed by atoms with E-state index in [0.29, 0.717) is 0 Å². The van der Waals surface area contributed by atoms with Gasteiger partial charge in [-0.15, -0.1) is 0 Å². The number of halogens is 1. The van der Waals surface area contributed by atoms with Gasteiger partial charge in [0.2, 0.25) is 11.8 Å². The summed E-state index contributed by atoms with van der Waals surface area (Å²) in [6.45, 7) is 0. The molecule has 4 aromatic carbocycles. The number of imide groups is 1. The number of esters is 1. The Bertz CT molecular complexity index is 1630. The van der Waals surface area contributed by atoms with Gasteiger partial charge in [0.1, 0.15) is 11.9 Å². The Hall–Kier alpha value is -5.04. The van der Waals surface area contributed by atoms with Gasteiger partial charge in [-0.05, 0) is 52.6 Å². The Morgan fingerprint density at radius 1 is 0.732 bits per heavy atom. The van der Waals surface area contributed by atoms with Gasteiger partial charge in [-0.1, -0.05) is 84.9 Å². The van der Waals surface area contributed by atoms with E-state index in [1.165, 1.54) is 24.3 Å². The molecule has 0 N–H and O–H groups in total. The van der Waals surface area contributed by atoms with Crippen LogP contribution >= 0.6 is 0 Å². The lowest BCUT2D eigenvalue weighted by Crippen LogP contribution is -2.45. The molecule has 6 nitrogen and oxygen atoms in total. The topological polar surface area (TPSA) is 66.9 Å². The summed E-state index contributed by atoms with van der Waals surface area (Å²) in [5.41, 5.74) is 3.65. The van der Waals surface area contributed by atoms with Crippen molar-refractivity contribution in [3.63, 3.8) is 0 Å². The molecule has 3 aliphatic rings. The van der Waals surface area contributed by atoms with Crippen molar-refractivity contribution in [1.29, 1.82) is 0 Å². The fraction of sp³-hybridized carbons (Fsp3) is 0.147. The van der Waals surface area contributed by atoms with Crippen LogP contribution in [0.5, 0.6) is 0 Å². The summed E-state index contributed by atoms with van der Waals surface area (Å²) in [6.07, 6.45) is 2.98. The highest BCUT2D eigenvalue weighted by Crippen LogP contribution is 2.53. The molecule has 0 saturated carbocycles. The lowest BCUT2D eigenvalue weighted by atomic mass is 9.84. The standard InChI is InChI=1S/C34H25FN2O4/c35-24-15-17-25(18-16-24)37-32(38)27-28(33(37)39)30(36-20-19-21-9-7-8-14-26(21)29(27)36)34(40)41-31(22-10-3-1-4-11-22)23-12-5-2-6-13-23/h1-20,27-31H/t27-,28-,29+,30+/m1/s1. The van der Waals surface area contributed by atoms with Crippen molar-refractivity contribution in [3.8, 4) is 0 Å². The van der Waals surface area contributed by atoms with Gasteiger partial charge in [0.15, 0.2) is 6.10 Å². The Kier molecular flexibility index (Phi) is 6.00. The van der Waals surface area contributed by atoms with E-state index >= 15 is 0 Å². The van der Waals surface area contributed by atoms with Gasteiger partial charge in [-0.2, -0.15) is 0 Å². The van der Waals surface area contributed by atoms with E-state index in [0.717, 1.165) is 27.2 Å². The molecule has 3 aliphatic heterocycles. The number of amides is 2. The second-order valence-corrected chi connectivity index (χ2v) is 10.5. The van der Waals surface area contributed by atoms with E-state index < -0.39 is 53.6 Å². The third-order valence-corrected chi connectivity index (χ3v) is 8.23. The summed E-state index contributed by atoms with van der Waals surface area (Å²) in [6, 6.07) is 30.2. The maximum absolute atomic E-state index is 14.2. The zero-order valence-corrected chi connectivity index (χ0v) is 21.8. The number of carbonyl (C=O) groups excluding carboxylic acids is 3. The Morgan fingerprint density at radius 3 is 1.98 bits per heavy atom. The van der Waals surface area contributed by atoms with Crippen LogP contribution in [0.15, 0.2) is 115 Å². The molecule has 0 spiro atoms. The molecule has 0 bridgehead atoms. The predicted molar refractivity (Wildman–Crippen MR) is 151 cm³/mol. The number of anilines is 1. The average molecular weight is 545 g/mol. The number of carbonyl (C=O) groups is 3. The number of hydrogen-bond acceptors (Lipinski definition) is 5. The first-order chi connectivity index (χ1) is 20.0. The summed E-state index contributed by atoms with van der Waals surface area (Å²) in [7, 11) is 0. The van der Waals surface area contributed by atoms with Crippen molar-refractivity contribution < 1.29 is 23.5 Å². The van der Waals surface area contributed by atoms with Crippen LogP contribution in [0.1, 0.15) is 34.4 Å². The van der Waals surface area contributed by atoms with Crippen LogP contribution in [0.3, 0.4) is 0 Å². The van der Waals surface area contributed by atoms with Crippen molar-refractivity contribution >= 4 is 29.5 Å². The van der Waals surface area contributed by atoms with E-state index in [-0.39, 0.29) is 5.69 Å². The number of benzene rings is 4. The number of hydrogen-bond donors (Lipinski definition) is 0. The summed E-state index contributed by atoms with van der Waals surface area (Å²) >= 11 is 0. The molecule has 4 aromatic rings. The Balaban J connectivity index is 1.31. The molecule has 7 heteroatoms. The lowest BCUT2D eigenvalue weighted by Gasteiger charge is -2.35. The van der Waals surface area contributed by atoms with Crippen molar-refractivity contribution in [2.45, 2.75) is 18.2 Å². The lowest BCUT2D eigenvalue weighted by molar-refractivity contribution is -0.155. The van der Waals surface area contributed by atoms with Crippen LogP contribution < -0.4 is 4.90 Å². The van der Waals surface area contributed by atoms with Crippen LogP contribution in [0.4, 0.5) is 10.1 Å². The SMILES string of the molecule is O=C(OC(c1ccccc1)c1ccccc1)[C@@H]1[C@@H]2C(=O)N(c3ccc(F)cc3)C(=O)[C@H]2[C@@H]2c3ccccc3C=CN12. The monoisotopic (exact) mass is 544 g/mol. The van der Waals surface area contributed by atoms with E-state index in [2.05, 4.69) is 0 Å². The van der Waals surface area contributed by atoms with Crippen LogP contribution in [0.25, 0.3) is 6.08 Å². The fourth-order valence-corrected chi connectivity index (χ4v) is 6.44. The Morgan fingerprint density at radius 2 is 1.32 bits per heavy atom. The van der Waals surface area contributed by atoms with Gasteiger partial charge >= 0.3 is 5.97 Å². The molecule has 2 saturated heterocycles. The van der Waals surface area contributed by atoms with Gasteiger partial charge < -0.3 is 9.64 Å². The quantitative estimate of drug-likeness (QED) is 0.239. The molecule has 3 heterocycles. The molecule has 4 atom stereocenters. The molecule has 0 aliphatic carbocycles. The first kappa shape index (κ1) is 25.0. The van der Waals surface area contributed by atoms with E-state index in [4.69, 9.17) is 4.74 Å². The van der Waals surface area contributed by atoms with Crippen molar-refractivity contribution in [3.05, 3.63) is 143 Å². The molecule has 0 radical (unpaired) electrons. The van der Waals surface area contributed by atoms with Crippen molar-refractivity contribution in [1.82, 2.24) is 4.90 Å². The third kappa shape index (κ3) is 4.04. The van der Waals surface area contributed by atoms with Crippen molar-refractivity contribution in [2.24, 2.45) is 11.8 Å². The minimum absolute atomic E-state index is 0.278. The Labute approximate surface area is 236 Å². The number of nitrogens with zero attached hydrogens (tertiary/aromatic N) is 2. The highest BCUT2D eigenvalue weighted by molar-refractivity contribution is 6.23. The second-order valence-electron chi connectivity index (χ2n) is 10.5. The summed E-state index contributed by atoms with van der Waals surface area (Å²) in [5, 5.41) is 0. The molecule has 202 valence electrons. The number of rotatable bonds is 5. The minimum atomic E-state index is -1.04. The fourth-order valence-electron chi connectivity index (χ4n) is 6.44.